The van der Waals surface area contributed by atoms with Crippen LogP contribution in [-0.2, 0) is 0 Å². The second-order valence-corrected chi connectivity index (χ2v) is 6.46. The summed E-state index contributed by atoms with van der Waals surface area (Å²) in [4.78, 5) is 25.9. The average Bonchev–Trinajstić information content (AvgIpc) is 2.56. The molecule has 1 unspecified atom stereocenters. The molecule has 0 radical (unpaired) electrons. The first-order chi connectivity index (χ1) is 11.8. The zero-order valence-electron chi connectivity index (χ0n) is 15.4. The third-order valence-electron chi connectivity index (χ3n) is 4.06. The molecule has 25 heavy (non-hydrogen) atoms. The van der Waals surface area contributed by atoms with Gasteiger partial charge in [-0.05, 0) is 44.0 Å². The van der Waals surface area contributed by atoms with Crippen LogP contribution in [0.1, 0.15) is 40.0 Å². The normalized spacial score (nSPS) is 11.6. The van der Waals surface area contributed by atoms with Crippen molar-refractivity contribution < 1.29 is 9.59 Å². The summed E-state index contributed by atoms with van der Waals surface area (Å²) in [6.45, 7) is 5.85. The van der Waals surface area contributed by atoms with Gasteiger partial charge in [0.2, 0.25) is 0 Å². The van der Waals surface area contributed by atoms with E-state index >= 15 is 0 Å². The van der Waals surface area contributed by atoms with E-state index in [9.17, 15) is 9.59 Å². The van der Waals surface area contributed by atoms with E-state index in [2.05, 4.69) is 10.6 Å². The van der Waals surface area contributed by atoms with Crippen LogP contribution >= 0.6 is 0 Å². The predicted molar refractivity (Wildman–Crippen MR) is 101 cm³/mol. The van der Waals surface area contributed by atoms with Crippen molar-refractivity contribution in [3.8, 4) is 0 Å². The first-order valence-corrected chi connectivity index (χ1v) is 8.24. The monoisotopic (exact) mass is 339 g/mol. The summed E-state index contributed by atoms with van der Waals surface area (Å²) in [6, 6.07) is 12.9. The van der Waals surface area contributed by atoms with E-state index in [1.165, 1.54) is 10.5 Å². The number of nitrogens with zero attached hydrogens (tertiary/aromatic N) is 1. The highest BCUT2D eigenvalue weighted by atomic mass is 16.2. The van der Waals surface area contributed by atoms with Gasteiger partial charge in [-0.1, -0.05) is 35.9 Å². The lowest BCUT2D eigenvalue weighted by Crippen LogP contribution is -2.31. The number of rotatable bonds is 4. The highest BCUT2D eigenvalue weighted by Crippen LogP contribution is 2.19. The fraction of sp³-hybridized carbons (Fsp3) is 0.300. The Hall–Kier alpha value is -2.82. The molecule has 0 fully saturated rings. The molecule has 3 amide bonds. The van der Waals surface area contributed by atoms with Crippen LogP contribution in [0.2, 0.25) is 0 Å². The molecule has 0 aliphatic rings. The van der Waals surface area contributed by atoms with Crippen LogP contribution in [0.25, 0.3) is 0 Å². The molecule has 1 atom stereocenters. The summed E-state index contributed by atoms with van der Waals surface area (Å²) in [7, 11) is 3.40. The Morgan fingerprint density at radius 3 is 2.24 bits per heavy atom. The first kappa shape index (κ1) is 18.5. The molecule has 0 saturated heterocycles. The Morgan fingerprint density at radius 1 is 1.00 bits per heavy atom. The summed E-state index contributed by atoms with van der Waals surface area (Å²) < 4.78 is 0. The van der Waals surface area contributed by atoms with Crippen LogP contribution in [0, 0.1) is 13.8 Å². The van der Waals surface area contributed by atoms with Crippen molar-refractivity contribution in [1.29, 1.82) is 0 Å². The van der Waals surface area contributed by atoms with E-state index < -0.39 is 0 Å². The van der Waals surface area contributed by atoms with E-state index in [1.54, 1.807) is 26.2 Å². The minimum Gasteiger partial charge on any atom is -0.345 e. The fourth-order valence-corrected chi connectivity index (χ4v) is 2.44. The molecule has 0 heterocycles. The molecule has 0 bridgehead atoms. The van der Waals surface area contributed by atoms with Gasteiger partial charge in [0.1, 0.15) is 0 Å². The fourth-order valence-electron chi connectivity index (χ4n) is 2.44. The number of benzene rings is 2. The summed E-state index contributed by atoms with van der Waals surface area (Å²) in [5.74, 6) is -0.100. The molecule has 0 aromatic heterocycles. The van der Waals surface area contributed by atoms with E-state index in [0.717, 1.165) is 11.1 Å². The van der Waals surface area contributed by atoms with Crippen molar-refractivity contribution in [2.45, 2.75) is 26.8 Å². The van der Waals surface area contributed by atoms with Crippen molar-refractivity contribution in [2.24, 2.45) is 0 Å². The molecule has 132 valence electrons. The summed E-state index contributed by atoms with van der Waals surface area (Å²) >= 11 is 0. The standard InChI is InChI=1S/C20H25N3O2/c1-13-6-9-16(10-7-13)15(3)21-20(25)22-18-12-17(11-8-14(18)2)19(24)23(4)5/h6-12,15H,1-5H3,(H2,21,22,25). The Morgan fingerprint density at radius 2 is 1.64 bits per heavy atom. The largest absolute Gasteiger partial charge is 0.345 e. The molecule has 2 aromatic carbocycles. The van der Waals surface area contributed by atoms with Crippen molar-refractivity contribution in [3.05, 3.63) is 64.7 Å². The molecule has 0 saturated carbocycles. The average molecular weight is 339 g/mol. The van der Waals surface area contributed by atoms with Gasteiger partial charge in [-0.2, -0.15) is 0 Å². The molecule has 5 nitrogen and oxygen atoms in total. The number of hydrogen-bond acceptors (Lipinski definition) is 2. The topological polar surface area (TPSA) is 61.4 Å². The lowest BCUT2D eigenvalue weighted by Gasteiger charge is -2.17. The van der Waals surface area contributed by atoms with Gasteiger partial charge in [0.15, 0.2) is 0 Å². The summed E-state index contributed by atoms with van der Waals surface area (Å²) in [5, 5.41) is 5.75. The van der Waals surface area contributed by atoms with Gasteiger partial charge in [0, 0.05) is 25.3 Å². The van der Waals surface area contributed by atoms with Gasteiger partial charge in [0.25, 0.3) is 5.91 Å². The minimum atomic E-state index is -0.300. The van der Waals surface area contributed by atoms with Crippen LogP contribution in [0.3, 0.4) is 0 Å². The van der Waals surface area contributed by atoms with Gasteiger partial charge in [-0.3, -0.25) is 4.79 Å². The number of carbonyl (C=O) groups excluding carboxylic acids is 2. The number of amides is 3. The molecule has 2 rings (SSSR count). The quantitative estimate of drug-likeness (QED) is 0.888. The first-order valence-electron chi connectivity index (χ1n) is 8.24. The zero-order valence-corrected chi connectivity index (χ0v) is 15.4. The van der Waals surface area contributed by atoms with E-state index in [0.29, 0.717) is 11.3 Å². The maximum absolute atomic E-state index is 12.3. The minimum absolute atomic E-state index is 0.100. The van der Waals surface area contributed by atoms with Gasteiger partial charge >= 0.3 is 6.03 Å². The van der Waals surface area contributed by atoms with Crippen LogP contribution < -0.4 is 10.6 Å². The van der Waals surface area contributed by atoms with Gasteiger partial charge in [0.05, 0.1) is 6.04 Å². The molecule has 2 N–H and O–H groups in total. The van der Waals surface area contributed by atoms with Crippen molar-refractivity contribution in [2.75, 3.05) is 19.4 Å². The third kappa shape index (κ3) is 4.83. The van der Waals surface area contributed by atoms with Gasteiger partial charge in [-0.15, -0.1) is 0 Å². The number of anilines is 1. The van der Waals surface area contributed by atoms with Crippen LogP contribution in [-0.4, -0.2) is 30.9 Å². The third-order valence-corrected chi connectivity index (χ3v) is 4.06. The number of aryl methyl sites for hydroxylation is 2. The molecule has 2 aromatic rings. The smallest absolute Gasteiger partial charge is 0.319 e. The highest BCUT2D eigenvalue weighted by Gasteiger charge is 2.13. The maximum Gasteiger partial charge on any atom is 0.319 e. The summed E-state index contributed by atoms with van der Waals surface area (Å²) in [6.07, 6.45) is 0. The second-order valence-electron chi connectivity index (χ2n) is 6.46. The number of urea groups is 1. The molecule has 0 spiro atoms. The molecule has 0 aliphatic heterocycles. The van der Waals surface area contributed by atoms with Crippen LogP contribution in [0.15, 0.2) is 42.5 Å². The highest BCUT2D eigenvalue weighted by molar-refractivity contribution is 5.97. The van der Waals surface area contributed by atoms with E-state index in [4.69, 9.17) is 0 Å². The van der Waals surface area contributed by atoms with Crippen molar-refractivity contribution >= 4 is 17.6 Å². The maximum atomic E-state index is 12.3. The Bertz CT molecular complexity index is 767. The lowest BCUT2D eigenvalue weighted by atomic mass is 10.1. The number of nitrogens with one attached hydrogen (secondary N) is 2. The van der Waals surface area contributed by atoms with Crippen molar-refractivity contribution in [3.63, 3.8) is 0 Å². The van der Waals surface area contributed by atoms with Crippen LogP contribution in [0.4, 0.5) is 10.5 Å². The molecular formula is C20H25N3O2. The Kier molecular flexibility index (Phi) is 5.80. The zero-order chi connectivity index (χ0) is 18.6. The van der Waals surface area contributed by atoms with E-state index in [-0.39, 0.29) is 18.0 Å². The van der Waals surface area contributed by atoms with Crippen molar-refractivity contribution in [1.82, 2.24) is 10.2 Å². The summed E-state index contributed by atoms with van der Waals surface area (Å²) in [5.41, 5.74) is 4.28. The Labute approximate surface area is 149 Å². The lowest BCUT2D eigenvalue weighted by molar-refractivity contribution is 0.0827. The second kappa shape index (κ2) is 7.83. The SMILES string of the molecule is Cc1ccc(C(C)NC(=O)Nc2cc(C(=O)N(C)C)ccc2C)cc1. The molecular weight excluding hydrogens is 314 g/mol. The Balaban J connectivity index is 2.08. The van der Waals surface area contributed by atoms with Crippen LogP contribution in [0.5, 0.6) is 0 Å². The molecule has 0 aliphatic carbocycles. The van der Waals surface area contributed by atoms with Gasteiger partial charge < -0.3 is 15.5 Å². The predicted octanol–water partition coefficient (Wildman–Crippen LogP) is 3.89. The number of carbonyl (C=O) groups is 2. The number of hydrogen-bond donors (Lipinski definition) is 2. The van der Waals surface area contributed by atoms with E-state index in [1.807, 2.05) is 51.1 Å². The van der Waals surface area contributed by atoms with Gasteiger partial charge in [-0.25, -0.2) is 4.79 Å². The molecule has 5 heteroatoms.